The fourth-order valence-electron chi connectivity index (χ4n) is 2.60. The summed E-state index contributed by atoms with van der Waals surface area (Å²) in [4.78, 5) is 16.5. The number of carbonyl (C=O) groups excluding carboxylic acids is 1. The van der Waals surface area contributed by atoms with Crippen LogP contribution in [-0.2, 0) is 4.79 Å². The van der Waals surface area contributed by atoms with E-state index in [2.05, 4.69) is 11.9 Å². The highest BCUT2D eigenvalue weighted by Gasteiger charge is 2.25. The third kappa shape index (κ3) is 4.59. The van der Waals surface area contributed by atoms with E-state index in [-0.39, 0.29) is 29.9 Å². The van der Waals surface area contributed by atoms with Crippen molar-refractivity contribution in [1.29, 1.82) is 5.26 Å². The molecule has 1 amide bonds. The van der Waals surface area contributed by atoms with Gasteiger partial charge in [0.05, 0.1) is 0 Å². The summed E-state index contributed by atoms with van der Waals surface area (Å²) in [6.45, 7) is 1.99. The molecule has 1 aliphatic rings. The topological polar surface area (TPSA) is 47.3 Å². The van der Waals surface area contributed by atoms with Crippen molar-refractivity contribution in [2.24, 2.45) is 0 Å². The number of amides is 1. The molecular weight excluding hydrogens is 298 g/mol. The minimum atomic E-state index is -0.184. The van der Waals surface area contributed by atoms with Crippen LogP contribution in [0.4, 0.5) is 0 Å². The fourth-order valence-corrected chi connectivity index (χ4v) is 2.60. The summed E-state index contributed by atoms with van der Waals surface area (Å²) in [5.74, 6) is -0.184. The lowest BCUT2D eigenvalue weighted by Gasteiger charge is -2.35. The van der Waals surface area contributed by atoms with Gasteiger partial charge < -0.3 is 9.80 Å². The zero-order chi connectivity index (χ0) is 15.2. The fraction of sp³-hybridized carbons (Fsp3) is 0.412. The number of hydrogen-bond acceptors (Lipinski definition) is 3. The molecule has 0 bridgehead atoms. The Labute approximate surface area is 138 Å². The molecule has 0 spiro atoms. The van der Waals surface area contributed by atoms with E-state index in [0.29, 0.717) is 0 Å². The standard InChI is InChI=1S/C17H21N3O.ClH/c1-19-10-8-16(9-11-19)20(2)17(21)15(13-18)12-14-6-4-3-5-7-14;/h3-7,12,16H,8-11H2,1-2H3;1H. The molecule has 22 heavy (non-hydrogen) atoms. The Morgan fingerprint density at radius 2 is 1.91 bits per heavy atom. The second-order valence-electron chi connectivity index (χ2n) is 5.53. The van der Waals surface area contributed by atoms with Crippen molar-refractivity contribution in [2.75, 3.05) is 27.2 Å². The molecule has 2 rings (SSSR count). The molecule has 118 valence electrons. The van der Waals surface area contributed by atoms with Gasteiger partial charge in [0.1, 0.15) is 11.6 Å². The second kappa shape index (κ2) is 8.57. The Balaban J connectivity index is 0.00000242. The molecule has 1 aliphatic heterocycles. The van der Waals surface area contributed by atoms with E-state index in [1.807, 2.05) is 36.4 Å². The monoisotopic (exact) mass is 319 g/mol. The Hall–Kier alpha value is -1.83. The SMILES string of the molecule is CN1CCC(N(C)C(=O)C(C#N)=Cc2ccccc2)CC1.Cl. The van der Waals surface area contributed by atoms with Gasteiger partial charge in [-0.15, -0.1) is 12.4 Å². The molecule has 0 aromatic heterocycles. The first-order valence-corrected chi connectivity index (χ1v) is 7.24. The molecule has 0 aliphatic carbocycles. The minimum absolute atomic E-state index is 0. The zero-order valence-corrected chi connectivity index (χ0v) is 13.8. The molecular formula is C17H22ClN3O. The summed E-state index contributed by atoms with van der Waals surface area (Å²) < 4.78 is 0. The molecule has 5 heteroatoms. The Morgan fingerprint density at radius 1 is 1.32 bits per heavy atom. The third-order valence-corrected chi connectivity index (χ3v) is 4.02. The molecule has 1 aromatic rings. The van der Waals surface area contributed by atoms with Gasteiger partial charge in [0, 0.05) is 13.1 Å². The van der Waals surface area contributed by atoms with Crippen LogP contribution >= 0.6 is 12.4 Å². The predicted octanol–water partition coefficient (Wildman–Crippen LogP) is 2.57. The Bertz CT molecular complexity index is 557. The number of likely N-dealkylation sites (N-methyl/N-ethyl adjacent to an activating group) is 1. The number of nitriles is 1. The average Bonchev–Trinajstić information content (AvgIpc) is 2.53. The Kier molecular flexibility index (Phi) is 7.10. The van der Waals surface area contributed by atoms with Crippen molar-refractivity contribution >= 4 is 24.4 Å². The van der Waals surface area contributed by atoms with Gasteiger partial charge >= 0.3 is 0 Å². The van der Waals surface area contributed by atoms with Gasteiger partial charge in [-0.05, 0) is 44.6 Å². The van der Waals surface area contributed by atoms with Crippen LogP contribution in [0.1, 0.15) is 18.4 Å². The first-order chi connectivity index (χ1) is 10.1. The summed E-state index contributed by atoms with van der Waals surface area (Å²) in [6, 6.07) is 11.7. The zero-order valence-electron chi connectivity index (χ0n) is 13.0. The lowest BCUT2D eigenvalue weighted by Crippen LogP contribution is -2.44. The molecule has 1 saturated heterocycles. The normalized spacial score (nSPS) is 16.5. The molecule has 1 aromatic carbocycles. The minimum Gasteiger partial charge on any atom is -0.338 e. The van der Waals surface area contributed by atoms with Crippen LogP contribution in [0.3, 0.4) is 0 Å². The van der Waals surface area contributed by atoms with Gasteiger partial charge in [-0.3, -0.25) is 4.79 Å². The van der Waals surface area contributed by atoms with Crippen LogP contribution in [-0.4, -0.2) is 48.9 Å². The van der Waals surface area contributed by atoms with Gasteiger partial charge in [-0.2, -0.15) is 5.26 Å². The maximum Gasteiger partial charge on any atom is 0.264 e. The van der Waals surface area contributed by atoms with Crippen molar-refractivity contribution in [1.82, 2.24) is 9.80 Å². The lowest BCUT2D eigenvalue weighted by molar-refractivity contribution is -0.128. The number of rotatable bonds is 3. The van der Waals surface area contributed by atoms with Crippen molar-refractivity contribution in [3.05, 3.63) is 41.5 Å². The van der Waals surface area contributed by atoms with Crippen LogP contribution in [0.25, 0.3) is 6.08 Å². The van der Waals surface area contributed by atoms with E-state index in [1.165, 1.54) is 0 Å². The van der Waals surface area contributed by atoms with E-state index in [9.17, 15) is 10.1 Å². The Morgan fingerprint density at radius 3 is 2.45 bits per heavy atom. The molecule has 0 saturated carbocycles. The quantitative estimate of drug-likeness (QED) is 0.635. The van der Waals surface area contributed by atoms with E-state index in [4.69, 9.17) is 0 Å². The van der Waals surface area contributed by atoms with E-state index < -0.39 is 0 Å². The molecule has 0 N–H and O–H groups in total. The maximum atomic E-state index is 12.5. The van der Waals surface area contributed by atoms with Crippen molar-refractivity contribution in [3.63, 3.8) is 0 Å². The molecule has 0 unspecified atom stereocenters. The summed E-state index contributed by atoms with van der Waals surface area (Å²) in [7, 11) is 3.89. The van der Waals surface area contributed by atoms with Crippen LogP contribution in [0, 0.1) is 11.3 Å². The second-order valence-corrected chi connectivity index (χ2v) is 5.53. The van der Waals surface area contributed by atoms with Gasteiger partial charge in [-0.1, -0.05) is 30.3 Å². The summed E-state index contributed by atoms with van der Waals surface area (Å²) >= 11 is 0. The molecule has 1 heterocycles. The lowest BCUT2D eigenvalue weighted by atomic mass is 10.0. The first-order valence-electron chi connectivity index (χ1n) is 7.24. The smallest absolute Gasteiger partial charge is 0.264 e. The third-order valence-electron chi connectivity index (χ3n) is 4.02. The molecule has 0 radical (unpaired) electrons. The van der Waals surface area contributed by atoms with Gasteiger partial charge in [0.25, 0.3) is 5.91 Å². The number of hydrogen-bond donors (Lipinski definition) is 0. The van der Waals surface area contributed by atoms with E-state index >= 15 is 0 Å². The number of halogens is 1. The van der Waals surface area contributed by atoms with Gasteiger partial charge in [-0.25, -0.2) is 0 Å². The highest BCUT2D eigenvalue weighted by Crippen LogP contribution is 2.17. The van der Waals surface area contributed by atoms with Gasteiger partial charge in [0.15, 0.2) is 0 Å². The highest BCUT2D eigenvalue weighted by atomic mass is 35.5. The van der Waals surface area contributed by atoms with Crippen LogP contribution < -0.4 is 0 Å². The van der Waals surface area contributed by atoms with Crippen molar-refractivity contribution in [2.45, 2.75) is 18.9 Å². The molecule has 0 atom stereocenters. The van der Waals surface area contributed by atoms with Crippen molar-refractivity contribution < 1.29 is 4.79 Å². The summed E-state index contributed by atoms with van der Waals surface area (Å²) in [6.07, 6.45) is 3.58. The van der Waals surface area contributed by atoms with E-state index in [0.717, 1.165) is 31.5 Å². The number of piperidine rings is 1. The van der Waals surface area contributed by atoms with Crippen LogP contribution in [0.2, 0.25) is 0 Å². The summed E-state index contributed by atoms with van der Waals surface area (Å²) in [5.41, 5.74) is 1.07. The van der Waals surface area contributed by atoms with E-state index in [1.54, 1.807) is 18.0 Å². The van der Waals surface area contributed by atoms with Gasteiger partial charge in [0.2, 0.25) is 0 Å². The number of benzene rings is 1. The number of nitrogens with zero attached hydrogens (tertiary/aromatic N) is 3. The van der Waals surface area contributed by atoms with Crippen LogP contribution in [0.15, 0.2) is 35.9 Å². The highest BCUT2D eigenvalue weighted by molar-refractivity contribution is 6.01. The van der Waals surface area contributed by atoms with Crippen molar-refractivity contribution in [3.8, 4) is 6.07 Å². The number of likely N-dealkylation sites (tertiary alicyclic amines) is 1. The number of carbonyl (C=O) groups is 1. The maximum absolute atomic E-state index is 12.5. The summed E-state index contributed by atoms with van der Waals surface area (Å²) in [5, 5.41) is 9.27. The molecule has 1 fully saturated rings. The molecule has 4 nitrogen and oxygen atoms in total. The largest absolute Gasteiger partial charge is 0.338 e. The average molecular weight is 320 g/mol. The predicted molar refractivity (Wildman–Crippen MR) is 90.6 cm³/mol. The van der Waals surface area contributed by atoms with Crippen LogP contribution in [0.5, 0.6) is 0 Å². The first kappa shape index (κ1) is 18.2.